The molecule has 19 heavy (non-hydrogen) atoms. The van der Waals surface area contributed by atoms with E-state index in [0.717, 1.165) is 31.1 Å². The van der Waals surface area contributed by atoms with Crippen LogP contribution in [0.1, 0.15) is 51.4 Å². The number of hydrogen-bond acceptors (Lipinski definition) is 2. The quantitative estimate of drug-likeness (QED) is 0.826. The van der Waals surface area contributed by atoms with Gasteiger partial charge in [0.15, 0.2) is 0 Å². The Morgan fingerprint density at radius 3 is 2.63 bits per heavy atom. The maximum absolute atomic E-state index is 4.51. The third kappa shape index (κ3) is 3.82. The van der Waals surface area contributed by atoms with Crippen molar-refractivity contribution in [2.45, 2.75) is 66.5 Å². The van der Waals surface area contributed by atoms with Gasteiger partial charge in [0.1, 0.15) is 0 Å². The highest BCUT2D eigenvalue weighted by atomic mass is 15.3. The Morgan fingerprint density at radius 2 is 2.11 bits per heavy atom. The molecule has 1 heterocycles. The van der Waals surface area contributed by atoms with Gasteiger partial charge in [-0.3, -0.25) is 4.68 Å². The zero-order chi connectivity index (χ0) is 14.0. The zero-order valence-electron chi connectivity index (χ0n) is 13.2. The van der Waals surface area contributed by atoms with Crippen molar-refractivity contribution >= 4 is 0 Å². The summed E-state index contributed by atoms with van der Waals surface area (Å²) >= 11 is 0. The Hall–Kier alpha value is -0.830. The Balaban J connectivity index is 1.71. The molecule has 1 aromatic heterocycles. The summed E-state index contributed by atoms with van der Waals surface area (Å²) in [6.07, 6.45) is 3.82. The molecule has 1 fully saturated rings. The molecular weight excluding hydrogens is 234 g/mol. The van der Waals surface area contributed by atoms with Crippen LogP contribution >= 0.6 is 0 Å². The third-order valence-electron chi connectivity index (χ3n) is 4.39. The van der Waals surface area contributed by atoms with Crippen molar-refractivity contribution < 1.29 is 0 Å². The number of nitrogens with zero attached hydrogens (tertiary/aromatic N) is 2. The highest BCUT2D eigenvalue weighted by Gasteiger charge is 2.35. The van der Waals surface area contributed by atoms with Gasteiger partial charge in [-0.05, 0) is 57.1 Å². The molecule has 0 aliphatic heterocycles. The molecule has 0 aromatic carbocycles. The minimum Gasteiger partial charge on any atom is -0.314 e. The zero-order valence-corrected chi connectivity index (χ0v) is 13.2. The van der Waals surface area contributed by atoms with Crippen molar-refractivity contribution in [1.82, 2.24) is 15.1 Å². The van der Waals surface area contributed by atoms with E-state index in [0.29, 0.717) is 11.5 Å². The summed E-state index contributed by atoms with van der Waals surface area (Å²) in [6, 6.07) is 2.85. The standard InChI is InChI=1S/C16H29N3/c1-12-10-16(4,5)11-15(12)17-7-6-8-19-14(3)9-13(2)18-19/h9,12,15,17H,6-8,10-11H2,1-5H3. The van der Waals surface area contributed by atoms with E-state index in [2.05, 4.69) is 55.8 Å². The highest BCUT2D eigenvalue weighted by Crippen LogP contribution is 2.40. The van der Waals surface area contributed by atoms with Gasteiger partial charge in [-0.25, -0.2) is 0 Å². The first kappa shape index (κ1) is 14.6. The van der Waals surface area contributed by atoms with Gasteiger partial charge in [0.05, 0.1) is 5.69 Å². The van der Waals surface area contributed by atoms with Gasteiger partial charge in [0.25, 0.3) is 0 Å². The fourth-order valence-corrected chi connectivity index (χ4v) is 3.58. The maximum atomic E-state index is 4.51. The maximum Gasteiger partial charge on any atom is 0.0596 e. The van der Waals surface area contributed by atoms with E-state index in [9.17, 15) is 0 Å². The molecule has 108 valence electrons. The largest absolute Gasteiger partial charge is 0.314 e. The van der Waals surface area contributed by atoms with Crippen molar-refractivity contribution in [2.24, 2.45) is 11.3 Å². The van der Waals surface area contributed by atoms with Crippen molar-refractivity contribution in [2.75, 3.05) is 6.54 Å². The molecule has 3 nitrogen and oxygen atoms in total. The van der Waals surface area contributed by atoms with Crippen molar-refractivity contribution in [1.29, 1.82) is 0 Å². The van der Waals surface area contributed by atoms with Crippen LogP contribution in [0.4, 0.5) is 0 Å². The van der Waals surface area contributed by atoms with E-state index in [1.807, 2.05) is 0 Å². The fraction of sp³-hybridized carbons (Fsp3) is 0.812. The van der Waals surface area contributed by atoms with Crippen LogP contribution in [-0.4, -0.2) is 22.4 Å². The smallest absolute Gasteiger partial charge is 0.0596 e. The predicted molar refractivity (Wildman–Crippen MR) is 80.3 cm³/mol. The SMILES string of the molecule is Cc1cc(C)n(CCCNC2CC(C)(C)CC2C)n1. The third-order valence-corrected chi connectivity index (χ3v) is 4.39. The van der Waals surface area contributed by atoms with Crippen molar-refractivity contribution in [3.8, 4) is 0 Å². The van der Waals surface area contributed by atoms with Gasteiger partial charge in [0, 0.05) is 18.3 Å². The van der Waals surface area contributed by atoms with Crippen molar-refractivity contribution in [3.63, 3.8) is 0 Å². The van der Waals surface area contributed by atoms with E-state index >= 15 is 0 Å². The summed E-state index contributed by atoms with van der Waals surface area (Å²) in [5.41, 5.74) is 2.91. The predicted octanol–water partition coefficient (Wildman–Crippen LogP) is 3.30. The fourth-order valence-electron chi connectivity index (χ4n) is 3.58. The van der Waals surface area contributed by atoms with E-state index < -0.39 is 0 Å². The second-order valence-corrected chi connectivity index (χ2v) is 7.11. The Kier molecular flexibility index (Phi) is 4.34. The molecule has 1 aliphatic rings. The molecule has 1 aliphatic carbocycles. The van der Waals surface area contributed by atoms with Crippen LogP contribution in [0.3, 0.4) is 0 Å². The first-order valence-corrected chi connectivity index (χ1v) is 7.62. The summed E-state index contributed by atoms with van der Waals surface area (Å²) < 4.78 is 2.12. The minimum atomic E-state index is 0.521. The molecule has 1 N–H and O–H groups in total. The van der Waals surface area contributed by atoms with Crippen molar-refractivity contribution in [3.05, 3.63) is 17.5 Å². The first-order chi connectivity index (χ1) is 8.87. The average Bonchev–Trinajstić information content (AvgIpc) is 2.73. The van der Waals surface area contributed by atoms with Gasteiger partial charge >= 0.3 is 0 Å². The molecule has 0 bridgehead atoms. The van der Waals surface area contributed by atoms with E-state index in [-0.39, 0.29) is 0 Å². The normalized spacial score (nSPS) is 25.9. The molecule has 0 amide bonds. The first-order valence-electron chi connectivity index (χ1n) is 7.62. The Morgan fingerprint density at radius 1 is 1.37 bits per heavy atom. The lowest BCUT2D eigenvalue weighted by Gasteiger charge is -2.18. The van der Waals surface area contributed by atoms with Crippen LogP contribution in [0, 0.1) is 25.2 Å². The molecule has 0 radical (unpaired) electrons. The molecule has 1 saturated carbocycles. The molecule has 0 saturated heterocycles. The number of nitrogens with one attached hydrogen (secondary N) is 1. The van der Waals surface area contributed by atoms with Gasteiger partial charge < -0.3 is 5.32 Å². The van der Waals surface area contributed by atoms with Gasteiger partial charge in [-0.2, -0.15) is 5.10 Å². The van der Waals surface area contributed by atoms with Gasteiger partial charge in [-0.1, -0.05) is 20.8 Å². The van der Waals surface area contributed by atoms with E-state index in [4.69, 9.17) is 0 Å². The lowest BCUT2D eigenvalue weighted by atomic mass is 9.91. The molecule has 1 aromatic rings. The molecule has 0 spiro atoms. The van der Waals surface area contributed by atoms with Crippen LogP contribution in [-0.2, 0) is 6.54 Å². The van der Waals surface area contributed by atoms with Gasteiger partial charge in [-0.15, -0.1) is 0 Å². The second-order valence-electron chi connectivity index (χ2n) is 7.11. The Bertz CT molecular complexity index is 420. The summed E-state index contributed by atoms with van der Waals surface area (Å²) in [7, 11) is 0. The summed E-state index contributed by atoms with van der Waals surface area (Å²) in [5.74, 6) is 0.809. The Labute approximate surface area is 117 Å². The summed E-state index contributed by atoms with van der Waals surface area (Å²) in [4.78, 5) is 0. The van der Waals surface area contributed by atoms with Crippen LogP contribution in [0.25, 0.3) is 0 Å². The van der Waals surface area contributed by atoms with Crippen LogP contribution in [0.15, 0.2) is 6.07 Å². The lowest BCUT2D eigenvalue weighted by Crippen LogP contribution is -2.32. The average molecular weight is 263 g/mol. The summed E-state index contributed by atoms with van der Waals surface area (Å²) in [5, 5.41) is 8.25. The number of hydrogen-bond donors (Lipinski definition) is 1. The van der Waals surface area contributed by atoms with E-state index in [1.165, 1.54) is 18.5 Å². The number of aromatic nitrogens is 2. The molecule has 3 heteroatoms. The topological polar surface area (TPSA) is 29.9 Å². The van der Waals surface area contributed by atoms with Crippen LogP contribution in [0.2, 0.25) is 0 Å². The number of aryl methyl sites for hydroxylation is 3. The molecule has 2 unspecified atom stereocenters. The van der Waals surface area contributed by atoms with Gasteiger partial charge in [0.2, 0.25) is 0 Å². The monoisotopic (exact) mass is 263 g/mol. The highest BCUT2D eigenvalue weighted by molar-refractivity contribution is 5.06. The minimum absolute atomic E-state index is 0.521. The van der Waals surface area contributed by atoms with Crippen LogP contribution < -0.4 is 5.32 Å². The van der Waals surface area contributed by atoms with Crippen LogP contribution in [0.5, 0.6) is 0 Å². The number of rotatable bonds is 5. The lowest BCUT2D eigenvalue weighted by molar-refractivity contribution is 0.361. The van der Waals surface area contributed by atoms with E-state index in [1.54, 1.807) is 0 Å². The molecule has 2 rings (SSSR count). The second kappa shape index (κ2) is 5.66. The summed E-state index contributed by atoms with van der Waals surface area (Å²) in [6.45, 7) is 13.5. The molecule has 2 atom stereocenters. The molecular formula is C16H29N3.